The minimum Gasteiger partial charge on any atom is -0.474 e. The molecule has 1 aromatic rings. The van der Waals surface area contributed by atoms with Crippen molar-refractivity contribution >= 4 is 0 Å². The van der Waals surface area contributed by atoms with Crippen molar-refractivity contribution in [1.82, 2.24) is 4.98 Å². The van der Waals surface area contributed by atoms with Crippen LogP contribution in [0.4, 0.5) is 13.2 Å². The molecule has 2 rings (SSSR count). The molecular formula is C12H16F3NO. The molecule has 0 radical (unpaired) electrons. The van der Waals surface area contributed by atoms with Gasteiger partial charge in [0.05, 0.1) is 6.10 Å². The van der Waals surface area contributed by atoms with Gasteiger partial charge in [0, 0.05) is 5.56 Å². The second kappa shape index (κ2) is 5.38. The minimum atomic E-state index is -4.40. The quantitative estimate of drug-likeness (QED) is 0.695. The van der Waals surface area contributed by atoms with Crippen molar-refractivity contribution in [1.29, 1.82) is 0 Å². The lowest BCUT2D eigenvalue weighted by Gasteiger charge is -2.22. The number of fused-ring (bicyclic) bond motifs is 1. The van der Waals surface area contributed by atoms with Crippen LogP contribution in [0.25, 0.3) is 0 Å². The van der Waals surface area contributed by atoms with Gasteiger partial charge in [-0.2, -0.15) is 13.2 Å². The van der Waals surface area contributed by atoms with Crippen molar-refractivity contribution < 1.29 is 17.9 Å². The molecule has 0 saturated carbocycles. The Kier molecular flexibility index (Phi) is 4.37. The minimum absolute atomic E-state index is 0.0616. The van der Waals surface area contributed by atoms with Crippen LogP contribution in [-0.4, -0.2) is 11.1 Å². The summed E-state index contributed by atoms with van der Waals surface area (Å²) in [4.78, 5) is 3.49. The third-order valence-corrected chi connectivity index (χ3v) is 2.36. The van der Waals surface area contributed by atoms with Crippen molar-refractivity contribution in [3.05, 3.63) is 23.4 Å². The molecule has 1 aromatic heterocycles. The standard InChI is InChI=1S/C10H10F3NO.C2H6/c1-6-2-3-7-4-5-8(10(11,12)13)14-9(7)15-6;1-2/h4-6H,2-3H2,1H3;1-2H3. The van der Waals surface area contributed by atoms with E-state index in [1.807, 2.05) is 20.8 Å². The average molecular weight is 247 g/mol. The lowest BCUT2D eigenvalue weighted by atomic mass is 10.1. The zero-order valence-electron chi connectivity index (χ0n) is 10.1. The Morgan fingerprint density at radius 3 is 2.53 bits per heavy atom. The summed E-state index contributed by atoms with van der Waals surface area (Å²) in [5, 5.41) is 0. The van der Waals surface area contributed by atoms with Crippen molar-refractivity contribution in [3.63, 3.8) is 0 Å². The molecular weight excluding hydrogens is 231 g/mol. The van der Waals surface area contributed by atoms with E-state index in [1.54, 1.807) is 0 Å². The molecule has 0 bridgehead atoms. The normalized spacial score (nSPS) is 18.6. The molecule has 0 fully saturated rings. The maximum Gasteiger partial charge on any atom is 0.433 e. The van der Waals surface area contributed by atoms with Gasteiger partial charge < -0.3 is 4.74 Å². The smallest absolute Gasteiger partial charge is 0.433 e. The molecule has 1 aliphatic heterocycles. The number of halogens is 3. The number of hydrogen-bond donors (Lipinski definition) is 0. The monoisotopic (exact) mass is 247 g/mol. The van der Waals surface area contributed by atoms with E-state index in [-0.39, 0.29) is 12.0 Å². The van der Waals surface area contributed by atoms with E-state index >= 15 is 0 Å². The van der Waals surface area contributed by atoms with Crippen molar-refractivity contribution in [2.75, 3.05) is 0 Å². The van der Waals surface area contributed by atoms with Gasteiger partial charge in [-0.3, -0.25) is 0 Å². The summed E-state index contributed by atoms with van der Waals surface area (Å²) < 4.78 is 42.3. The Morgan fingerprint density at radius 1 is 1.29 bits per heavy atom. The summed E-state index contributed by atoms with van der Waals surface area (Å²) in [6.45, 7) is 5.82. The van der Waals surface area contributed by atoms with Crippen LogP contribution in [0.1, 0.15) is 38.4 Å². The van der Waals surface area contributed by atoms with Gasteiger partial charge >= 0.3 is 6.18 Å². The molecule has 5 heteroatoms. The zero-order valence-corrected chi connectivity index (χ0v) is 10.1. The fraction of sp³-hybridized carbons (Fsp3) is 0.583. The van der Waals surface area contributed by atoms with E-state index in [0.29, 0.717) is 0 Å². The van der Waals surface area contributed by atoms with E-state index in [2.05, 4.69) is 4.98 Å². The summed E-state index contributed by atoms with van der Waals surface area (Å²) in [6, 6.07) is 2.44. The van der Waals surface area contributed by atoms with E-state index in [0.717, 1.165) is 24.5 Å². The van der Waals surface area contributed by atoms with E-state index in [4.69, 9.17) is 4.74 Å². The van der Waals surface area contributed by atoms with Gasteiger partial charge in [0.25, 0.3) is 0 Å². The molecule has 0 aliphatic carbocycles. The Labute approximate surface area is 98.8 Å². The molecule has 2 heterocycles. The number of nitrogens with zero attached hydrogens (tertiary/aromatic N) is 1. The van der Waals surface area contributed by atoms with Crippen LogP contribution < -0.4 is 4.74 Å². The highest BCUT2D eigenvalue weighted by molar-refractivity contribution is 5.31. The Morgan fingerprint density at radius 2 is 1.94 bits per heavy atom. The number of ether oxygens (including phenoxy) is 1. The van der Waals surface area contributed by atoms with E-state index in [9.17, 15) is 13.2 Å². The second-order valence-electron chi connectivity index (χ2n) is 3.63. The molecule has 17 heavy (non-hydrogen) atoms. The molecule has 1 unspecified atom stereocenters. The van der Waals surface area contributed by atoms with Crippen molar-refractivity contribution in [3.8, 4) is 5.88 Å². The zero-order chi connectivity index (χ0) is 13.1. The Balaban J connectivity index is 0.000000686. The Hall–Kier alpha value is -1.26. The molecule has 0 saturated heterocycles. The third-order valence-electron chi connectivity index (χ3n) is 2.36. The maximum atomic E-state index is 12.3. The van der Waals surface area contributed by atoms with Crippen LogP contribution in [0.3, 0.4) is 0 Å². The molecule has 1 atom stereocenters. The summed E-state index contributed by atoms with van der Waals surface area (Å²) in [7, 11) is 0. The maximum absolute atomic E-state index is 12.3. The van der Waals surface area contributed by atoms with E-state index in [1.165, 1.54) is 6.07 Å². The van der Waals surface area contributed by atoms with Crippen LogP contribution >= 0.6 is 0 Å². The molecule has 2 nitrogen and oxygen atoms in total. The van der Waals surface area contributed by atoms with Crippen LogP contribution in [0, 0.1) is 0 Å². The highest BCUT2D eigenvalue weighted by Crippen LogP contribution is 2.32. The second-order valence-corrected chi connectivity index (χ2v) is 3.63. The van der Waals surface area contributed by atoms with Gasteiger partial charge in [0.2, 0.25) is 5.88 Å². The topological polar surface area (TPSA) is 22.1 Å². The highest BCUT2D eigenvalue weighted by Gasteiger charge is 2.33. The fourth-order valence-electron chi connectivity index (χ4n) is 1.53. The fourth-order valence-corrected chi connectivity index (χ4v) is 1.53. The summed E-state index contributed by atoms with van der Waals surface area (Å²) in [5.41, 5.74) is -0.142. The highest BCUT2D eigenvalue weighted by atomic mass is 19.4. The predicted molar refractivity (Wildman–Crippen MR) is 59.0 cm³/mol. The van der Waals surface area contributed by atoms with Crippen LogP contribution in [-0.2, 0) is 12.6 Å². The SMILES string of the molecule is CC.CC1CCc2ccc(C(F)(F)F)nc2O1. The molecule has 0 amide bonds. The predicted octanol–water partition coefficient (Wildman–Crippen LogP) is 3.84. The molecule has 0 N–H and O–H groups in total. The molecule has 0 spiro atoms. The summed E-state index contributed by atoms with van der Waals surface area (Å²) in [6.07, 6.45) is -2.92. The number of aryl methyl sites for hydroxylation is 1. The van der Waals surface area contributed by atoms with Crippen LogP contribution in [0.2, 0.25) is 0 Å². The van der Waals surface area contributed by atoms with Gasteiger partial charge in [0.15, 0.2) is 0 Å². The number of pyridine rings is 1. The number of alkyl halides is 3. The van der Waals surface area contributed by atoms with Crippen molar-refractivity contribution in [2.24, 2.45) is 0 Å². The lowest BCUT2D eigenvalue weighted by Crippen LogP contribution is -2.21. The first kappa shape index (κ1) is 13.8. The summed E-state index contributed by atoms with van der Waals surface area (Å²) >= 11 is 0. The van der Waals surface area contributed by atoms with Gasteiger partial charge in [-0.15, -0.1) is 0 Å². The number of hydrogen-bond acceptors (Lipinski definition) is 2. The molecule has 1 aliphatic rings. The molecule has 0 aromatic carbocycles. The third kappa shape index (κ3) is 3.35. The van der Waals surface area contributed by atoms with Crippen LogP contribution in [0.15, 0.2) is 12.1 Å². The largest absolute Gasteiger partial charge is 0.474 e. The van der Waals surface area contributed by atoms with Gasteiger partial charge in [-0.1, -0.05) is 19.9 Å². The first-order valence-electron chi connectivity index (χ1n) is 5.70. The Bertz CT molecular complexity index is 377. The first-order chi connectivity index (χ1) is 7.97. The lowest BCUT2D eigenvalue weighted by molar-refractivity contribution is -0.141. The summed E-state index contributed by atoms with van der Waals surface area (Å²) in [5.74, 6) is 0.128. The number of rotatable bonds is 0. The van der Waals surface area contributed by atoms with Gasteiger partial charge in [-0.05, 0) is 25.8 Å². The van der Waals surface area contributed by atoms with Gasteiger partial charge in [0.1, 0.15) is 5.69 Å². The molecule has 96 valence electrons. The number of aromatic nitrogens is 1. The van der Waals surface area contributed by atoms with Crippen LogP contribution in [0.5, 0.6) is 5.88 Å². The van der Waals surface area contributed by atoms with Gasteiger partial charge in [-0.25, -0.2) is 4.98 Å². The van der Waals surface area contributed by atoms with E-state index < -0.39 is 11.9 Å². The average Bonchev–Trinajstić information content (AvgIpc) is 2.29. The first-order valence-corrected chi connectivity index (χ1v) is 5.70. The van der Waals surface area contributed by atoms with Crippen molar-refractivity contribution in [2.45, 2.75) is 45.9 Å².